The molecule has 0 bridgehead atoms. The van der Waals surface area contributed by atoms with E-state index in [1.807, 2.05) is 31.2 Å². The van der Waals surface area contributed by atoms with Gasteiger partial charge in [0.15, 0.2) is 0 Å². The fourth-order valence-electron chi connectivity index (χ4n) is 1.90. The quantitative estimate of drug-likeness (QED) is 0.587. The van der Waals surface area contributed by atoms with Crippen molar-refractivity contribution in [3.05, 3.63) is 59.7 Å². The highest BCUT2D eigenvalue weighted by atomic mass is 16.3. The molecule has 0 heterocycles. The third-order valence-corrected chi connectivity index (χ3v) is 3.22. The van der Waals surface area contributed by atoms with Gasteiger partial charge in [-0.15, -0.1) is 0 Å². The number of carbonyl (C=O) groups is 1. The number of aromatic hydroxyl groups is 1. The van der Waals surface area contributed by atoms with Crippen LogP contribution in [0.2, 0.25) is 0 Å². The zero-order valence-corrected chi connectivity index (χ0v) is 12.6. The lowest BCUT2D eigenvalue weighted by atomic mass is 10.1. The summed E-state index contributed by atoms with van der Waals surface area (Å²) in [6.07, 6.45) is 0. The first kappa shape index (κ1) is 15.6. The molecule has 2 rings (SSSR count). The van der Waals surface area contributed by atoms with Crippen molar-refractivity contribution in [2.45, 2.75) is 13.8 Å². The van der Waals surface area contributed by atoms with Gasteiger partial charge in [-0.25, -0.2) is 5.43 Å². The number of rotatable bonds is 5. The van der Waals surface area contributed by atoms with E-state index in [4.69, 9.17) is 0 Å². The van der Waals surface area contributed by atoms with Crippen LogP contribution in [0.5, 0.6) is 5.75 Å². The second kappa shape index (κ2) is 7.26. The van der Waals surface area contributed by atoms with Crippen molar-refractivity contribution in [1.82, 2.24) is 5.43 Å². The predicted octanol–water partition coefficient (Wildman–Crippen LogP) is 2.65. The smallest absolute Gasteiger partial charge is 0.259 e. The summed E-state index contributed by atoms with van der Waals surface area (Å²) >= 11 is 0. The van der Waals surface area contributed by atoms with Crippen molar-refractivity contribution in [3.63, 3.8) is 0 Å². The van der Waals surface area contributed by atoms with Crippen LogP contribution in [0.15, 0.2) is 53.6 Å². The minimum Gasteiger partial charge on any atom is -0.508 e. The lowest BCUT2D eigenvalue weighted by molar-refractivity contribution is -0.119. The largest absolute Gasteiger partial charge is 0.508 e. The van der Waals surface area contributed by atoms with Crippen LogP contribution in [0, 0.1) is 6.92 Å². The van der Waals surface area contributed by atoms with E-state index in [2.05, 4.69) is 15.8 Å². The Balaban J connectivity index is 1.88. The molecule has 0 aliphatic heterocycles. The summed E-state index contributed by atoms with van der Waals surface area (Å²) in [6.45, 7) is 3.92. The molecule has 0 unspecified atom stereocenters. The van der Waals surface area contributed by atoms with Gasteiger partial charge in [-0.1, -0.05) is 18.2 Å². The minimum atomic E-state index is -0.221. The maximum atomic E-state index is 11.8. The highest BCUT2D eigenvalue weighted by Crippen LogP contribution is 2.12. The lowest BCUT2D eigenvalue weighted by Crippen LogP contribution is -2.27. The van der Waals surface area contributed by atoms with Crippen LogP contribution in [-0.2, 0) is 4.79 Å². The number of hydrogen-bond acceptors (Lipinski definition) is 4. The summed E-state index contributed by atoms with van der Waals surface area (Å²) < 4.78 is 0. The summed E-state index contributed by atoms with van der Waals surface area (Å²) in [4.78, 5) is 11.8. The van der Waals surface area contributed by atoms with E-state index in [1.165, 1.54) is 0 Å². The van der Waals surface area contributed by atoms with Gasteiger partial charge in [0.25, 0.3) is 5.91 Å². The number of carbonyl (C=O) groups excluding carboxylic acids is 1. The Hall–Kier alpha value is -2.82. The van der Waals surface area contributed by atoms with E-state index in [1.54, 1.807) is 31.2 Å². The molecule has 0 fully saturated rings. The van der Waals surface area contributed by atoms with Gasteiger partial charge >= 0.3 is 0 Å². The Labute approximate surface area is 129 Å². The van der Waals surface area contributed by atoms with E-state index in [0.29, 0.717) is 5.71 Å². The molecule has 114 valence electrons. The number of benzene rings is 2. The third-order valence-electron chi connectivity index (χ3n) is 3.22. The van der Waals surface area contributed by atoms with Crippen LogP contribution >= 0.6 is 0 Å². The van der Waals surface area contributed by atoms with Gasteiger partial charge in [0.1, 0.15) is 5.75 Å². The Morgan fingerprint density at radius 1 is 1.14 bits per heavy atom. The van der Waals surface area contributed by atoms with E-state index >= 15 is 0 Å². The molecule has 2 aromatic rings. The van der Waals surface area contributed by atoms with Crippen LogP contribution in [-0.4, -0.2) is 23.3 Å². The molecule has 0 saturated carbocycles. The van der Waals surface area contributed by atoms with Crippen molar-refractivity contribution in [3.8, 4) is 5.75 Å². The molecule has 0 aliphatic rings. The molecule has 0 aromatic heterocycles. The summed E-state index contributed by atoms with van der Waals surface area (Å²) in [6, 6.07) is 14.4. The number of phenolic OH excluding ortho intramolecular Hbond substituents is 1. The van der Waals surface area contributed by atoms with Gasteiger partial charge in [-0.05, 0) is 55.3 Å². The number of hydrogen-bond donors (Lipinski definition) is 3. The number of nitrogens with one attached hydrogen (secondary N) is 2. The summed E-state index contributed by atoms with van der Waals surface area (Å²) in [5, 5.41) is 16.4. The number of hydrazone groups is 1. The second-order valence-corrected chi connectivity index (χ2v) is 4.95. The molecule has 0 saturated heterocycles. The second-order valence-electron chi connectivity index (χ2n) is 4.95. The van der Waals surface area contributed by atoms with Crippen LogP contribution < -0.4 is 10.7 Å². The number of amides is 1. The number of aryl methyl sites for hydroxylation is 1. The van der Waals surface area contributed by atoms with Crippen molar-refractivity contribution in [2.24, 2.45) is 5.10 Å². The average molecular weight is 297 g/mol. The Morgan fingerprint density at radius 2 is 1.82 bits per heavy atom. The van der Waals surface area contributed by atoms with Crippen LogP contribution in [0.3, 0.4) is 0 Å². The lowest BCUT2D eigenvalue weighted by Gasteiger charge is -2.08. The standard InChI is InChI=1S/C17H19N3O2/c1-12-5-3-4-6-16(12)18-11-17(22)20-19-13(2)14-7-9-15(21)10-8-14/h3-10,18,21H,11H2,1-2H3,(H,20,22)/b19-13-. The van der Waals surface area contributed by atoms with E-state index in [0.717, 1.165) is 16.8 Å². The molecule has 5 nitrogen and oxygen atoms in total. The molecule has 0 atom stereocenters. The van der Waals surface area contributed by atoms with Gasteiger partial charge in [0.05, 0.1) is 12.3 Å². The van der Waals surface area contributed by atoms with Crippen LogP contribution in [0.25, 0.3) is 0 Å². The Bertz CT molecular complexity index is 679. The number of phenols is 1. The first-order valence-corrected chi connectivity index (χ1v) is 6.98. The van der Waals surface area contributed by atoms with Crippen LogP contribution in [0.4, 0.5) is 5.69 Å². The molecule has 5 heteroatoms. The van der Waals surface area contributed by atoms with Crippen LogP contribution in [0.1, 0.15) is 18.1 Å². The highest BCUT2D eigenvalue weighted by Gasteiger charge is 2.03. The summed E-state index contributed by atoms with van der Waals surface area (Å²) in [7, 11) is 0. The van der Waals surface area contributed by atoms with E-state index < -0.39 is 0 Å². The predicted molar refractivity (Wildman–Crippen MR) is 88.1 cm³/mol. The maximum absolute atomic E-state index is 11.8. The van der Waals surface area contributed by atoms with Gasteiger partial charge in [0, 0.05) is 5.69 Å². The molecule has 0 spiro atoms. The highest BCUT2D eigenvalue weighted by molar-refractivity contribution is 5.99. The first-order chi connectivity index (χ1) is 10.6. The topological polar surface area (TPSA) is 73.7 Å². The normalized spacial score (nSPS) is 11.1. The molecule has 0 radical (unpaired) electrons. The van der Waals surface area contributed by atoms with E-state index in [9.17, 15) is 9.90 Å². The molecule has 3 N–H and O–H groups in total. The van der Waals surface area contributed by atoms with E-state index in [-0.39, 0.29) is 18.2 Å². The molecular weight excluding hydrogens is 278 g/mol. The fraction of sp³-hybridized carbons (Fsp3) is 0.176. The maximum Gasteiger partial charge on any atom is 0.259 e. The Kier molecular flexibility index (Phi) is 5.14. The molecular formula is C17H19N3O2. The molecule has 2 aromatic carbocycles. The zero-order chi connectivity index (χ0) is 15.9. The fourth-order valence-corrected chi connectivity index (χ4v) is 1.90. The number of nitrogens with zero attached hydrogens (tertiary/aromatic N) is 1. The van der Waals surface area contributed by atoms with Crippen molar-refractivity contribution < 1.29 is 9.90 Å². The summed E-state index contributed by atoms with van der Waals surface area (Å²) in [5.74, 6) is -0.0237. The third kappa shape index (κ3) is 4.34. The minimum absolute atomic E-state index is 0.150. The zero-order valence-electron chi connectivity index (χ0n) is 12.6. The van der Waals surface area contributed by atoms with Crippen molar-refractivity contribution in [1.29, 1.82) is 0 Å². The number of para-hydroxylation sites is 1. The number of anilines is 1. The van der Waals surface area contributed by atoms with Gasteiger partial charge < -0.3 is 10.4 Å². The van der Waals surface area contributed by atoms with Gasteiger partial charge in [-0.2, -0.15) is 5.10 Å². The van der Waals surface area contributed by atoms with Crippen molar-refractivity contribution >= 4 is 17.3 Å². The Morgan fingerprint density at radius 3 is 2.50 bits per heavy atom. The van der Waals surface area contributed by atoms with Crippen molar-refractivity contribution in [2.75, 3.05) is 11.9 Å². The average Bonchev–Trinajstić information content (AvgIpc) is 2.52. The summed E-state index contributed by atoms with van der Waals surface area (Å²) in [5.41, 5.74) is 6.03. The molecule has 0 aliphatic carbocycles. The van der Waals surface area contributed by atoms with Gasteiger partial charge in [0.2, 0.25) is 0 Å². The van der Waals surface area contributed by atoms with Gasteiger partial charge in [-0.3, -0.25) is 4.79 Å². The molecule has 22 heavy (non-hydrogen) atoms. The first-order valence-electron chi connectivity index (χ1n) is 6.98. The molecule has 1 amide bonds. The SMILES string of the molecule is C/C(=N/NC(=O)CNc1ccccc1C)c1ccc(O)cc1. The monoisotopic (exact) mass is 297 g/mol.